The molecule has 0 bridgehead atoms. The van der Waals surface area contributed by atoms with Crippen LogP contribution >= 0.6 is 0 Å². The Bertz CT molecular complexity index is 1260. The van der Waals surface area contributed by atoms with Crippen molar-refractivity contribution in [3.05, 3.63) is 82.0 Å². The van der Waals surface area contributed by atoms with Crippen LogP contribution in [0.3, 0.4) is 0 Å². The minimum Gasteiger partial charge on any atom is -0.364 e. The van der Waals surface area contributed by atoms with Crippen molar-refractivity contribution in [2.24, 2.45) is 0 Å². The van der Waals surface area contributed by atoms with Gasteiger partial charge in [0.15, 0.2) is 5.65 Å². The number of hydrogen-bond donors (Lipinski definition) is 1. The zero-order chi connectivity index (χ0) is 20.7. The van der Waals surface area contributed by atoms with Crippen LogP contribution in [-0.4, -0.2) is 26.3 Å². The fourth-order valence-corrected chi connectivity index (χ4v) is 4.20. The molecule has 0 spiro atoms. The molecule has 0 saturated carbocycles. The predicted molar refractivity (Wildman–Crippen MR) is 119 cm³/mol. The van der Waals surface area contributed by atoms with Gasteiger partial charge in [0, 0.05) is 12.2 Å². The number of H-pyrrole nitrogens is 1. The van der Waals surface area contributed by atoms with E-state index in [9.17, 15) is 4.79 Å². The molecule has 6 nitrogen and oxygen atoms in total. The number of hydrogen-bond acceptors (Lipinski definition) is 4. The number of fused-ring (bicyclic) bond motifs is 2. The molecule has 0 saturated heterocycles. The molecule has 2 aromatic carbocycles. The Hall–Kier alpha value is -3.41. The highest BCUT2D eigenvalue weighted by Crippen LogP contribution is 2.31. The monoisotopic (exact) mass is 399 g/mol. The van der Waals surface area contributed by atoms with E-state index in [2.05, 4.69) is 47.0 Å². The van der Waals surface area contributed by atoms with Crippen molar-refractivity contribution in [1.82, 2.24) is 19.7 Å². The fraction of sp³-hybridized carbons (Fsp3) is 0.292. The van der Waals surface area contributed by atoms with Crippen LogP contribution in [0.25, 0.3) is 16.7 Å². The predicted octanol–water partition coefficient (Wildman–Crippen LogP) is 4.19. The summed E-state index contributed by atoms with van der Waals surface area (Å²) < 4.78 is 1.73. The van der Waals surface area contributed by atoms with E-state index in [0.717, 1.165) is 25.1 Å². The van der Waals surface area contributed by atoms with Crippen LogP contribution in [0.4, 0.5) is 5.69 Å². The highest BCUT2D eigenvalue weighted by atomic mass is 16.1. The molecule has 0 aliphatic carbocycles. The molecule has 2 aromatic heterocycles. The lowest BCUT2D eigenvalue weighted by Crippen LogP contribution is -2.30. The summed E-state index contributed by atoms with van der Waals surface area (Å²) in [5.41, 5.74) is 5.32. The molecule has 0 amide bonds. The van der Waals surface area contributed by atoms with Crippen molar-refractivity contribution in [1.29, 1.82) is 0 Å². The first kappa shape index (κ1) is 18.6. The van der Waals surface area contributed by atoms with Gasteiger partial charge in [0.05, 0.1) is 18.4 Å². The number of para-hydroxylation sites is 1. The van der Waals surface area contributed by atoms with E-state index in [0.29, 0.717) is 29.3 Å². The summed E-state index contributed by atoms with van der Waals surface area (Å²) in [6.07, 6.45) is 3.78. The third kappa shape index (κ3) is 3.28. The van der Waals surface area contributed by atoms with Gasteiger partial charge >= 0.3 is 0 Å². The van der Waals surface area contributed by atoms with Gasteiger partial charge in [-0.2, -0.15) is 5.10 Å². The van der Waals surface area contributed by atoms with Gasteiger partial charge < -0.3 is 9.88 Å². The molecule has 1 N–H and O–H groups in total. The minimum absolute atomic E-state index is 0.149. The maximum absolute atomic E-state index is 12.7. The Balaban J connectivity index is 1.52. The largest absolute Gasteiger partial charge is 0.364 e. The Morgan fingerprint density at radius 3 is 2.77 bits per heavy atom. The molecule has 1 aliphatic heterocycles. The lowest BCUT2D eigenvalue weighted by atomic mass is 9.95. The van der Waals surface area contributed by atoms with Crippen LogP contribution in [-0.2, 0) is 13.0 Å². The maximum atomic E-state index is 12.7. The first-order valence-corrected chi connectivity index (χ1v) is 10.5. The van der Waals surface area contributed by atoms with Crippen LogP contribution in [0, 0.1) is 0 Å². The summed E-state index contributed by atoms with van der Waals surface area (Å²) in [7, 11) is 0. The van der Waals surface area contributed by atoms with Crippen molar-refractivity contribution < 1.29 is 0 Å². The Kier molecular flexibility index (Phi) is 4.62. The van der Waals surface area contributed by atoms with Gasteiger partial charge in [-0.3, -0.25) is 4.79 Å². The van der Waals surface area contributed by atoms with Crippen LogP contribution in [0.2, 0.25) is 0 Å². The lowest BCUT2D eigenvalue weighted by molar-refractivity contribution is 0.671. The van der Waals surface area contributed by atoms with Crippen molar-refractivity contribution in [3.8, 4) is 5.69 Å². The second kappa shape index (κ2) is 7.44. The molecule has 0 radical (unpaired) electrons. The lowest BCUT2D eigenvalue weighted by Gasteiger charge is -2.31. The van der Waals surface area contributed by atoms with Crippen LogP contribution in [0.5, 0.6) is 0 Å². The Morgan fingerprint density at radius 1 is 1.13 bits per heavy atom. The SMILES string of the molecule is CC(C)c1ccc2c(c1)CCCN2Cc1nc2c(cnn2-c2ccccc2)c(=O)[nH]1. The van der Waals surface area contributed by atoms with Gasteiger partial charge in [-0.15, -0.1) is 0 Å². The molecule has 0 fully saturated rings. The van der Waals surface area contributed by atoms with Crippen LogP contribution in [0.1, 0.15) is 43.1 Å². The zero-order valence-electron chi connectivity index (χ0n) is 17.3. The van der Waals surface area contributed by atoms with Gasteiger partial charge in [-0.25, -0.2) is 9.67 Å². The molecular formula is C24H25N5O. The average molecular weight is 399 g/mol. The number of anilines is 1. The fourth-order valence-electron chi connectivity index (χ4n) is 4.20. The quantitative estimate of drug-likeness (QED) is 0.559. The molecule has 4 aromatic rings. The number of aromatic amines is 1. The van der Waals surface area contributed by atoms with Gasteiger partial charge in [-0.1, -0.05) is 44.2 Å². The van der Waals surface area contributed by atoms with Crippen molar-refractivity contribution in [3.63, 3.8) is 0 Å². The first-order chi connectivity index (χ1) is 14.6. The molecular weight excluding hydrogens is 374 g/mol. The summed E-state index contributed by atoms with van der Waals surface area (Å²) in [6, 6.07) is 16.5. The molecule has 1 aliphatic rings. The van der Waals surface area contributed by atoms with E-state index in [1.54, 1.807) is 10.9 Å². The van der Waals surface area contributed by atoms with E-state index in [4.69, 9.17) is 4.98 Å². The standard InChI is InChI=1S/C24H25N5O/c1-16(2)17-10-11-21-18(13-17)7-6-12-28(21)15-22-26-23-20(24(30)27-22)14-25-29(23)19-8-4-3-5-9-19/h3-5,8-11,13-14,16H,6-7,12,15H2,1-2H3,(H,26,27,30). The number of nitrogens with one attached hydrogen (secondary N) is 1. The van der Waals surface area contributed by atoms with E-state index >= 15 is 0 Å². The molecule has 152 valence electrons. The highest BCUT2D eigenvalue weighted by Gasteiger charge is 2.20. The Morgan fingerprint density at radius 2 is 1.97 bits per heavy atom. The van der Waals surface area contributed by atoms with Crippen molar-refractivity contribution in [2.75, 3.05) is 11.4 Å². The molecule has 0 unspecified atom stereocenters. The average Bonchev–Trinajstić information content (AvgIpc) is 3.19. The zero-order valence-corrected chi connectivity index (χ0v) is 17.3. The molecule has 6 heteroatoms. The molecule has 0 atom stereocenters. The maximum Gasteiger partial charge on any atom is 0.262 e. The second-order valence-corrected chi connectivity index (χ2v) is 8.21. The van der Waals surface area contributed by atoms with Gasteiger partial charge in [0.2, 0.25) is 0 Å². The highest BCUT2D eigenvalue weighted by molar-refractivity contribution is 5.75. The topological polar surface area (TPSA) is 66.8 Å². The van der Waals surface area contributed by atoms with Gasteiger partial charge in [0.25, 0.3) is 5.56 Å². The Labute approximate surface area is 175 Å². The number of rotatable bonds is 4. The molecule has 30 heavy (non-hydrogen) atoms. The van der Waals surface area contributed by atoms with E-state index in [-0.39, 0.29) is 5.56 Å². The van der Waals surface area contributed by atoms with Crippen molar-refractivity contribution in [2.45, 2.75) is 39.2 Å². The molecule has 3 heterocycles. The number of aryl methyl sites for hydroxylation is 1. The summed E-state index contributed by atoms with van der Waals surface area (Å²) in [5, 5.41) is 4.90. The van der Waals surface area contributed by atoms with E-state index < -0.39 is 0 Å². The van der Waals surface area contributed by atoms with Crippen molar-refractivity contribution >= 4 is 16.7 Å². The summed E-state index contributed by atoms with van der Waals surface area (Å²) >= 11 is 0. The third-order valence-corrected chi connectivity index (χ3v) is 5.81. The number of aromatic nitrogens is 4. The summed E-state index contributed by atoms with van der Waals surface area (Å²) in [4.78, 5) is 22.7. The minimum atomic E-state index is -0.149. The third-order valence-electron chi connectivity index (χ3n) is 5.81. The number of nitrogens with zero attached hydrogens (tertiary/aromatic N) is 4. The van der Waals surface area contributed by atoms with E-state index in [1.807, 2.05) is 30.3 Å². The van der Waals surface area contributed by atoms with Gasteiger partial charge in [-0.05, 0) is 48.1 Å². The number of benzene rings is 2. The second-order valence-electron chi connectivity index (χ2n) is 8.21. The van der Waals surface area contributed by atoms with Crippen LogP contribution < -0.4 is 10.5 Å². The first-order valence-electron chi connectivity index (χ1n) is 10.5. The van der Waals surface area contributed by atoms with Gasteiger partial charge in [0.1, 0.15) is 11.2 Å². The molecule has 5 rings (SSSR count). The van der Waals surface area contributed by atoms with E-state index in [1.165, 1.54) is 16.8 Å². The smallest absolute Gasteiger partial charge is 0.262 e. The summed E-state index contributed by atoms with van der Waals surface area (Å²) in [6.45, 7) is 5.97. The summed E-state index contributed by atoms with van der Waals surface area (Å²) in [5.74, 6) is 1.18. The normalized spacial score (nSPS) is 13.8. The van der Waals surface area contributed by atoms with Crippen LogP contribution in [0.15, 0.2) is 59.5 Å².